The van der Waals surface area contributed by atoms with Gasteiger partial charge in [0.05, 0.1) is 5.60 Å². The van der Waals surface area contributed by atoms with E-state index >= 15 is 0 Å². The number of amides is 1. The maximum Gasteiger partial charge on any atom is 0.253 e. The number of carbonyl (C=O) groups is 1. The van der Waals surface area contributed by atoms with E-state index in [1.165, 1.54) is 0 Å². The van der Waals surface area contributed by atoms with Crippen LogP contribution in [-0.4, -0.2) is 28.3 Å². The molecule has 4 nitrogen and oxygen atoms in total. The molecule has 106 valence electrons. The van der Waals surface area contributed by atoms with E-state index in [0.29, 0.717) is 5.56 Å². The first-order valence-electron chi connectivity index (χ1n) is 6.61. The molecule has 3 N–H and O–H groups in total. The minimum absolute atomic E-state index is 0.0710. The topological polar surface area (TPSA) is 69.6 Å². The number of hydrogen-bond acceptors (Lipinski definition) is 3. The van der Waals surface area contributed by atoms with Crippen molar-refractivity contribution >= 4 is 5.91 Å². The summed E-state index contributed by atoms with van der Waals surface area (Å²) >= 11 is 0. The predicted octanol–water partition coefficient (Wildman–Crippen LogP) is 1.63. The molecule has 0 aliphatic rings. The molecule has 1 aromatic rings. The van der Waals surface area contributed by atoms with Crippen molar-refractivity contribution in [1.29, 1.82) is 0 Å². The molecule has 0 spiro atoms. The number of aliphatic hydroxyl groups is 2. The Morgan fingerprint density at radius 3 is 2.47 bits per heavy atom. The van der Waals surface area contributed by atoms with Crippen molar-refractivity contribution in [3.63, 3.8) is 0 Å². The van der Waals surface area contributed by atoms with Crippen LogP contribution in [0.4, 0.5) is 0 Å². The SMILES string of the molecule is CCC(C)C(C)(O)CNC(=O)C(O)c1ccccc1. The monoisotopic (exact) mass is 265 g/mol. The van der Waals surface area contributed by atoms with E-state index < -0.39 is 17.6 Å². The van der Waals surface area contributed by atoms with Crippen molar-refractivity contribution in [1.82, 2.24) is 5.32 Å². The van der Waals surface area contributed by atoms with Crippen LogP contribution < -0.4 is 5.32 Å². The van der Waals surface area contributed by atoms with Gasteiger partial charge in [-0.2, -0.15) is 0 Å². The first-order chi connectivity index (χ1) is 8.88. The average Bonchev–Trinajstić information content (AvgIpc) is 2.43. The van der Waals surface area contributed by atoms with Gasteiger partial charge in [-0.1, -0.05) is 50.6 Å². The van der Waals surface area contributed by atoms with Crippen LogP contribution in [0.3, 0.4) is 0 Å². The van der Waals surface area contributed by atoms with Crippen LogP contribution in [-0.2, 0) is 4.79 Å². The highest BCUT2D eigenvalue weighted by atomic mass is 16.3. The van der Waals surface area contributed by atoms with Crippen molar-refractivity contribution < 1.29 is 15.0 Å². The summed E-state index contributed by atoms with van der Waals surface area (Å²) in [5, 5.41) is 22.7. The molecule has 0 fully saturated rings. The van der Waals surface area contributed by atoms with Gasteiger partial charge in [-0.05, 0) is 18.4 Å². The quantitative estimate of drug-likeness (QED) is 0.732. The lowest BCUT2D eigenvalue weighted by Gasteiger charge is -2.30. The highest BCUT2D eigenvalue weighted by molar-refractivity contribution is 5.81. The zero-order chi connectivity index (χ0) is 14.5. The fourth-order valence-electron chi connectivity index (χ4n) is 1.76. The largest absolute Gasteiger partial charge is 0.388 e. The van der Waals surface area contributed by atoms with E-state index in [4.69, 9.17) is 0 Å². The normalized spacial score (nSPS) is 17.3. The second kappa shape index (κ2) is 6.68. The molecule has 3 atom stereocenters. The number of hydrogen-bond donors (Lipinski definition) is 3. The lowest BCUT2D eigenvalue weighted by Crippen LogP contribution is -2.46. The van der Waals surface area contributed by atoms with Gasteiger partial charge in [0, 0.05) is 6.54 Å². The molecule has 1 amide bonds. The maximum atomic E-state index is 11.8. The van der Waals surface area contributed by atoms with Gasteiger partial charge in [0.15, 0.2) is 6.10 Å². The van der Waals surface area contributed by atoms with E-state index in [1.807, 2.05) is 19.9 Å². The maximum absolute atomic E-state index is 11.8. The number of carbonyl (C=O) groups excluding carboxylic acids is 1. The summed E-state index contributed by atoms with van der Waals surface area (Å²) in [6.07, 6.45) is -0.377. The summed E-state index contributed by atoms with van der Waals surface area (Å²) in [5.74, 6) is -0.420. The van der Waals surface area contributed by atoms with Crippen molar-refractivity contribution in [2.45, 2.75) is 38.9 Å². The number of aliphatic hydroxyl groups excluding tert-OH is 1. The van der Waals surface area contributed by atoms with E-state index in [2.05, 4.69) is 5.32 Å². The number of benzene rings is 1. The highest BCUT2D eigenvalue weighted by Gasteiger charge is 2.28. The summed E-state index contributed by atoms with van der Waals surface area (Å²) in [6.45, 7) is 5.74. The molecule has 0 aliphatic heterocycles. The average molecular weight is 265 g/mol. The van der Waals surface area contributed by atoms with Gasteiger partial charge in [-0.25, -0.2) is 0 Å². The Morgan fingerprint density at radius 2 is 1.95 bits per heavy atom. The van der Waals surface area contributed by atoms with Crippen LogP contribution in [0.2, 0.25) is 0 Å². The van der Waals surface area contributed by atoms with Crippen LogP contribution in [0.1, 0.15) is 38.9 Å². The lowest BCUT2D eigenvalue weighted by molar-refractivity contribution is -0.131. The third kappa shape index (κ3) is 4.33. The molecule has 0 bridgehead atoms. The standard InChI is InChI=1S/C15H23NO3/c1-4-11(2)15(3,19)10-16-14(18)13(17)12-8-6-5-7-9-12/h5-9,11,13,17,19H,4,10H2,1-3H3,(H,16,18). The van der Waals surface area contributed by atoms with Crippen LogP contribution in [0.25, 0.3) is 0 Å². The Kier molecular flexibility index (Phi) is 5.51. The van der Waals surface area contributed by atoms with Gasteiger partial charge in [-0.3, -0.25) is 4.79 Å². The molecule has 0 aliphatic carbocycles. The summed E-state index contributed by atoms with van der Waals surface area (Å²) in [4.78, 5) is 11.8. The molecule has 1 aromatic carbocycles. The smallest absolute Gasteiger partial charge is 0.253 e. The molecule has 0 aromatic heterocycles. The fraction of sp³-hybridized carbons (Fsp3) is 0.533. The van der Waals surface area contributed by atoms with E-state index in [9.17, 15) is 15.0 Å². The molecule has 0 radical (unpaired) electrons. The summed E-state index contributed by atoms with van der Waals surface area (Å²) in [7, 11) is 0. The molecular weight excluding hydrogens is 242 g/mol. The van der Waals surface area contributed by atoms with Crippen molar-refractivity contribution in [2.24, 2.45) is 5.92 Å². The van der Waals surface area contributed by atoms with E-state index in [1.54, 1.807) is 31.2 Å². The molecule has 0 saturated heterocycles. The third-order valence-corrected chi connectivity index (χ3v) is 3.66. The Hall–Kier alpha value is -1.39. The third-order valence-electron chi connectivity index (χ3n) is 3.66. The molecule has 0 saturated carbocycles. The summed E-state index contributed by atoms with van der Waals surface area (Å²) < 4.78 is 0. The molecule has 19 heavy (non-hydrogen) atoms. The minimum atomic E-state index is -1.20. The molecule has 1 rings (SSSR count). The van der Waals surface area contributed by atoms with Crippen LogP contribution in [0, 0.1) is 5.92 Å². The second-order valence-electron chi connectivity index (χ2n) is 5.20. The van der Waals surface area contributed by atoms with Crippen molar-refractivity contribution in [3.8, 4) is 0 Å². The zero-order valence-corrected chi connectivity index (χ0v) is 11.8. The van der Waals surface area contributed by atoms with Crippen LogP contribution in [0.5, 0.6) is 0 Å². The lowest BCUT2D eigenvalue weighted by atomic mass is 9.88. The number of nitrogens with one attached hydrogen (secondary N) is 1. The van der Waals surface area contributed by atoms with Gasteiger partial charge in [0.1, 0.15) is 0 Å². The van der Waals surface area contributed by atoms with Crippen LogP contribution >= 0.6 is 0 Å². The predicted molar refractivity (Wildman–Crippen MR) is 74.5 cm³/mol. The zero-order valence-electron chi connectivity index (χ0n) is 11.8. The van der Waals surface area contributed by atoms with Gasteiger partial charge >= 0.3 is 0 Å². The molecule has 0 heterocycles. The Bertz CT molecular complexity index is 403. The van der Waals surface area contributed by atoms with Crippen molar-refractivity contribution in [2.75, 3.05) is 6.54 Å². The van der Waals surface area contributed by atoms with Gasteiger partial charge in [0.25, 0.3) is 5.91 Å². The van der Waals surface area contributed by atoms with Crippen molar-refractivity contribution in [3.05, 3.63) is 35.9 Å². The molecular formula is C15H23NO3. The van der Waals surface area contributed by atoms with E-state index in [-0.39, 0.29) is 12.5 Å². The summed E-state index contributed by atoms with van der Waals surface area (Å²) in [5.41, 5.74) is -0.427. The van der Waals surface area contributed by atoms with Crippen LogP contribution in [0.15, 0.2) is 30.3 Å². The van der Waals surface area contributed by atoms with E-state index in [0.717, 1.165) is 6.42 Å². The number of rotatable bonds is 6. The van der Waals surface area contributed by atoms with Gasteiger partial charge < -0.3 is 15.5 Å². The van der Waals surface area contributed by atoms with Gasteiger partial charge in [-0.15, -0.1) is 0 Å². The second-order valence-corrected chi connectivity index (χ2v) is 5.20. The Morgan fingerprint density at radius 1 is 1.37 bits per heavy atom. The molecule has 3 unspecified atom stereocenters. The first-order valence-corrected chi connectivity index (χ1v) is 6.61. The fourth-order valence-corrected chi connectivity index (χ4v) is 1.76. The Balaban J connectivity index is 2.57. The summed E-state index contributed by atoms with van der Waals surface area (Å²) in [6, 6.07) is 8.73. The molecule has 4 heteroatoms. The first kappa shape index (κ1) is 15.7. The minimum Gasteiger partial charge on any atom is -0.388 e. The van der Waals surface area contributed by atoms with Gasteiger partial charge in [0.2, 0.25) is 0 Å². The highest BCUT2D eigenvalue weighted by Crippen LogP contribution is 2.19. The Labute approximate surface area is 114 Å².